The summed E-state index contributed by atoms with van der Waals surface area (Å²) in [6.45, 7) is 0. The van der Waals surface area contributed by atoms with Crippen LogP contribution in [0.25, 0.3) is 10.9 Å². The van der Waals surface area contributed by atoms with E-state index in [-0.39, 0.29) is 5.52 Å². The van der Waals surface area contributed by atoms with Gasteiger partial charge in [0, 0.05) is 11.5 Å². The highest BCUT2D eigenvalue weighted by molar-refractivity contribution is 5.93. The molecule has 0 bridgehead atoms. The van der Waals surface area contributed by atoms with Crippen molar-refractivity contribution in [2.24, 2.45) is 5.73 Å². The van der Waals surface area contributed by atoms with Gasteiger partial charge in [-0.3, -0.25) is 0 Å². The summed E-state index contributed by atoms with van der Waals surface area (Å²) in [7, 11) is 0. The van der Waals surface area contributed by atoms with Gasteiger partial charge in [-0.15, -0.1) is 13.2 Å². The SMILES string of the molecule is NC(=O)n1c(OC(F)(F)F)cc2ccccc21. The van der Waals surface area contributed by atoms with Gasteiger partial charge in [-0.1, -0.05) is 18.2 Å². The molecular weight excluding hydrogens is 237 g/mol. The number of para-hydroxylation sites is 1. The number of aromatic nitrogens is 1. The highest BCUT2D eigenvalue weighted by Gasteiger charge is 2.33. The molecule has 0 unspecified atom stereocenters. The molecule has 0 aliphatic rings. The Bertz CT molecular complexity index is 574. The number of alkyl halides is 3. The topological polar surface area (TPSA) is 57.2 Å². The van der Waals surface area contributed by atoms with Crippen LogP contribution in [0.4, 0.5) is 18.0 Å². The van der Waals surface area contributed by atoms with E-state index >= 15 is 0 Å². The van der Waals surface area contributed by atoms with Crippen LogP contribution in [-0.2, 0) is 0 Å². The molecule has 1 heterocycles. The maximum absolute atomic E-state index is 12.1. The molecule has 0 saturated carbocycles. The number of fused-ring (bicyclic) bond motifs is 1. The van der Waals surface area contributed by atoms with Gasteiger partial charge in [0.15, 0.2) is 0 Å². The average molecular weight is 244 g/mol. The molecule has 7 heteroatoms. The van der Waals surface area contributed by atoms with E-state index in [0.717, 1.165) is 6.07 Å². The van der Waals surface area contributed by atoms with Crippen LogP contribution >= 0.6 is 0 Å². The molecule has 1 amide bonds. The minimum absolute atomic E-state index is 0.263. The summed E-state index contributed by atoms with van der Waals surface area (Å²) >= 11 is 0. The number of halogens is 3. The summed E-state index contributed by atoms with van der Waals surface area (Å²) < 4.78 is 40.8. The van der Waals surface area contributed by atoms with Crippen molar-refractivity contribution in [1.82, 2.24) is 4.57 Å². The first-order valence-corrected chi connectivity index (χ1v) is 4.54. The van der Waals surface area contributed by atoms with Crippen LogP contribution in [0.5, 0.6) is 5.88 Å². The molecule has 0 aliphatic carbocycles. The van der Waals surface area contributed by atoms with Gasteiger partial charge in [0.05, 0.1) is 5.52 Å². The van der Waals surface area contributed by atoms with Gasteiger partial charge in [0.2, 0.25) is 5.88 Å². The lowest BCUT2D eigenvalue weighted by molar-refractivity contribution is -0.276. The second-order valence-electron chi connectivity index (χ2n) is 3.26. The first kappa shape index (κ1) is 11.3. The summed E-state index contributed by atoms with van der Waals surface area (Å²) in [5.41, 5.74) is 5.28. The molecule has 1 aromatic heterocycles. The number of primary amides is 1. The van der Waals surface area contributed by atoms with Crippen molar-refractivity contribution in [3.05, 3.63) is 30.3 Å². The predicted molar refractivity (Wildman–Crippen MR) is 53.6 cm³/mol. The highest BCUT2D eigenvalue weighted by atomic mass is 19.4. The van der Waals surface area contributed by atoms with E-state index in [2.05, 4.69) is 4.74 Å². The second-order valence-corrected chi connectivity index (χ2v) is 3.26. The number of amides is 1. The summed E-state index contributed by atoms with van der Waals surface area (Å²) in [6.07, 6.45) is -4.87. The van der Waals surface area contributed by atoms with Crippen molar-refractivity contribution in [1.29, 1.82) is 0 Å². The van der Waals surface area contributed by atoms with E-state index in [1.54, 1.807) is 18.2 Å². The van der Waals surface area contributed by atoms with Gasteiger partial charge in [-0.2, -0.15) is 0 Å². The van der Waals surface area contributed by atoms with E-state index in [4.69, 9.17) is 5.73 Å². The quantitative estimate of drug-likeness (QED) is 0.837. The van der Waals surface area contributed by atoms with E-state index < -0.39 is 18.3 Å². The molecule has 17 heavy (non-hydrogen) atoms. The molecule has 0 radical (unpaired) electrons. The number of nitrogens with two attached hydrogens (primary N) is 1. The fourth-order valence-corrected chi connectivity index (χ4v) is 1.55. The van der Waals surface area contributed by atoms with E-state index in [1.807, 2.05) is 0 Å². The van der Waals surface area contributed by atoms with E-state index in [1.165, 1.54) is 6.07 Å². The molecule has 2 N–H and O–H groups in total. The third-order valence-corrected chi connectivity index (χ3v) is 2.12. The minimum Gasteiger partial charge on any atom is -0.389 e. The maximum Gasteiger partial charge on any atom is 0.574 e. The smallest absolute Gasteiger partial charge is 0.389 e. The summed E-state index contributed by atoms with van der Waals surface area (Å²) in [5, 5.41) is 0.436. The van der Waals surface area contributed by atoms with Gasteiger partial charge in [-0.25, -0.2) is 9.36 Å². The first-order valence-electron chi connectivity index (χ1n) is 4.54. The van der Waals surface area contributed by atoms with Gasteiger partial charge >= 0.3 is 12.4 Å². The Labute approximate surface area is 93.4 Å². The zero-order chi connectivity index (χ0) is 12.6. The Hall–Kier alpha value is -2.18. The van der Waals surface area contributed by atoms with Crippen molar-refractivity contribution >= 4 is 16.9 Å². The summed E-state index contributed by atoms with van der Waals surface area (Å²) in [6, 6.07) is 6.31. The number of hydrogen-bond donors (Lipinski definition) is 1. The second kappa shape index (κ2) is 3.69. The lowest BCUT2D eigenvalue weighted by Gasteiger charge is -2.09. The Morgan fingerprint density at radius 1 is 1.29 bits per heavy atom. The molecule has 0 atom stereocenters. The number of hydrogen-bond acceptors (Lipinski definition) is 2. The van der Waals surface area contributed by atoms with Crippen LogP contribution in [0.3, 0.4) is 0 Å². The van der Waals surface area contributed by atoms with E-state index in [0.29, 0.717) is 9.95 Å². The molecule has 4 nitrogen and oxygen atoms in total. The molecular formula is C10H7F3N2O2. The molecule has 0 spiro atoms. The van der Waals surface area contributed by atoms with Crippen LogP contribution in [0.2, 0.25) is 0 Å². The van der Waals surface area contributed by atoms with Crippen molar-refractivity contribution in [3.8, 4) is 5.88 Å². The predicted octanol–water partition coefficient (Wildman–Crippen LogP) is 2.47. The normalized spacial score (nSPS) is 11.7. The monoisotopic (exact) mass is 244 g/mol. The van der Waals surface area contributed by atoms with Crippen molar-refractivity contribution < 1.29 is 22.7 Å². The Kier molecular flexibility index (Phi) is 2.45. The maximum atomic E-state index is 12.1. The highest BCUT2D eigenvalue weighted by Crippen LogP contribution is 2.29. The number of carbonyl (C=O) groups is 1. The first-order chi connectivity index (χ1) is 7.88. The molecule has 1 aromatic carbocycles. The lowest BCUT2D eigenvalue weighted by Crippen LogP contribution is -2.24. The van der Waals surface area contributed by atoms with Crippen molar-refractivity contribution in [2.45, 2.75) is 6.36 Å². The standard InChI is InChI=1S/C10H7F3N2O2/c11-10(12,13)17-8-5-6-3-1-2-4-7(6)15(8)9(14)16/h1-5H,(H2,14,16). The Morgan fingerprint density at radius 3 is 2.53 bits per heavy atom. The third-order valence-electron chi connectivity index (χ3n) is 2.12. The van der Waals surface area contributed by atoms with Gasteiger partial charge < -0.3 is 10.5 Å². The van der Waals surface area contributed by atoms with Gasteiger partial charge in [-0.05, 0) is 6.07 Å². The lowest BCUT2D eigenvalue weighted by atomic mass is 10.2. The number of benzene rings is 1. The number of carbonyl (C=O) groups excluding carboxylic acids is 1. The molecule has 0 saturated heterocycles. The van der Waals surface area contributed by atoms with Crippen molar-refractivity contribution in [3.63, 3.8) is 0 Å². The average Bonchev–Trinajstić information content (AvgIpc) is 2.51. The molecule has 0 fully saturated rings. The van der Waals surface area contributed by atoms with Gasteiger partial charge in [0.1, 0.15) is 0 Å². The van der Waals surface area contributed by atoms with Crippen LogP contribution < -0.4 is 10.5 Å². The minimum atomic E-state index is -4.87. The zero-order valence-electron chi connectivity index (χ0n) is 8.36. The molecule has 0 aliphatic heterocycles. The number of rotatable bonds is 1. The van der Waals surface area contributed by atoms with Crippen LogP contribution in [0, 0.1) is 0 Å². The third kappa shape index (κ3) is 2.17. The fourth-order valence-electron chi connectivity index (χ4n) is 1.55. The molecule has 90 valence electrons. The van der Waals surface area contributed by atoms with Crippen LogP contribution in [0.15, 0.2) is 30.3 Å². The van der Waals surface area contributed by atoms with Crippen LogP contribution in [0.1, 0.15) is 0 Å². The molecule has 2 rings (SSSR count). The fraction of sp³-hybridized carbons (Fsp3) is 0.100. The molecule has 2 aromatic rings. The number of ether oxygens (including phenoxy) is 1. The number of nitrogens with zero attached hydrogens (tertiary/aromatic N) is 1. The largest absolute Gasteiger partial charge is 0.574 e. The van der Waals surface area contributed by atoms with Crippen LogP contribution in [-0.4, -0.2) is 17.0 Å². The Balaban J connectivity index is 2.62. The zero-order valence-corrected chi connectivity index (χ0v) is 8.36. The van der Waals surface area contributed by atoms with E-state index in [9.17, 15) is 18.0 Å². The van der Waals surface area contributed by atoms with Gasteiger partial charge in [0.25, 0.3) is 0 Å². The summed E-state index contributed by atoms with van der Waals surface area (Å²) in [4.78, 5) is 11.1. The Morgan fingerprint density at radius 2 is 1.94 bits per heavy atom. The van der Waals surface area contributed by atoms with Crippen molar-refractivity contribution in [2.75, 3.05) is 0 Å². The summed E-state index contributed by atoms with van der Waals surface area (Å²) in [5.74, 6) is -0.647.